The maximum atomic E-state index is 12.2. The van der Waals surface area contributed by atoms with Gasteiger partial charge in [0.1, 0.15) is 6.04 Å². The molecule has 0 aromatic rings. The number of carbonyl (C=O) groups excluding carboxylic acids is 2. The number of rotatable bonds is 6. The number of nitrogens with zero attached hydrogens (tertiary/aromatic N) is 1. The van der Waals surface area contributed by atoms with Gasteiger partial charge in [-0.3, -0.25) is 9.59 Å². The van der Waals surface area contributed by atoms with Gasteiger partial charge in [0, 0.05) is 27.7 Å². The SMILES string of the molecule is COC1CNC(C(=O)NC(CC(C)C)C(=O)N(C)C)C1. The molecule has 116 valence electrons. The number of likely N-dealkylation sites (N-methyl/N-ethyl adjacent to an activating group) is 1. The van der Waals surface area contributed by atoms with Crippen molar-refractivity contribution in [1.82, 2.24) is 15.5 Å². The quantitative estimate of drug-likeness (QED) is 0.720. The fourth-order valence-electron chi connectivity index (χ4n) is 2.36. The van der Waals surface area contributed by atoms with Crippen molar-refractivity contribution in [3.05, 3.63) is 0 Å². The van der Waals surface area contributed by atoms with Gasteiger partial charge < -0.3 is 20.3 Å². The molecule has 0 aliphatic carbocycles. The summed E-state index contributed by atoms with van der Waals surface area (Å²) in [5.74, 6) is 0.159. The van der Waals surface area contributed by atoms with E-state index in [9.17, 15) is 9.59 Å². The second-order valence-corrected chi connectivity index (χ2v) is 5.98. The van der Waals surface area contributed by atoms with Crippen molar-refractivity contribution in [1.29, 1.82) is 0 Å². The first-order chi connectivity index (χ1) is 9.35. The smallest absolute Gasteiger partial charge is 0.244 e. The number of hydrogen-bond acceptors (Lipinski definition) is 4. The van der Waals surface area contributed by atoms with Crippen LogP contribution >= 0.6 is 0 Å². The van der Waals surface area contributed by atoms with Crippen LogP contribution in [0.5, 0.6) is 0 Å². The maximum absolute atomic E-state index is 12.2. The minimum absolute atomic E-state index is 0.0617. The van der Waals surface area contributed by atoms with E-state index in [-0.39, 0.29) is 24.0 Å². The number of amides is 2. The van der Waals surface area contributed by atoms with Gasteiger partial charge in [0.2, 0.25) is 11.8 Å². The van der Waals surface area contributed by atoms with E-state index in [4.69, 9.17) is 4.74 Å². The third kappa shape index (κ3) is 4.76. The van der Waals surface area contributed by atoms with Gasteiger partial charge >= 0.3 is 0 Å². The van der Waals surface area contributed by atoms with Gasteiger partial charge in [0.05, 0.1) is 12.1 Å². The summed E-state index contributed by atoms with van der Waals surface area (Å²) in [5.41, 5.74) is 0. The van der Waals surface area contributed by atoms with Crippen LogP contribution in [0.1, 0.15) is 26.7 Å². The van der Waals surface area contributed by atoms with Gasteiger partial charge in [-0.05, 0) is 18.8 Å². The zero-order valence-corrected chi connectivity index (χ0v) is 13.1. The molecule has 1 aliphatic rings. The molecule has 6 nitrogen and oxygen atoms in total. The predicted molar refractivity (Wildman–Crippen MR) is 77.3 cm³/mol. The van der Waals surface area contributed by atoms with Crippen LogP contribution in [0.3, 0.4) is 0 Å². The lowest BCUT2D eigenvalue weighted by Crippen LogP contribution is -2.51. The van der Waals surface area contributed by atoms with E-state index in [0.717, 1.165) is 0 Å². The van der Waals surface area contributed by atoms with Gasteiger partial charge in [-0.25, -0.2) is 0 Å². The molecule has 0 radical (unpaired) electrons. The van der Waals surface area contributed by atoms with Crippen molar-refractivity contribution in [2.24, 2.45) is 5.92 Å². The lowest BCUT2D eigenvalue weighted by molar-refractivity contribution is -0.135. The summed E-state index contributed by atoms with van der Waals surface area (Å²) in [5, 5.41) is 5.99. The predicted octanol–water partition coefficient (Wildman–Crippen LogP) is -0.0176. The summed E-state index contributed by atoms with van der Waals surface area (Å²) in [6.07, 6.45) is 1.36. The van der Waals surface area contributed by atoms with E-state index >= 15 is 0 Å². The Labute approximate surface area is 121 Å². The van der Waals surface area contributed by atoms with Crippen LogP contribution in [0.15, 0.2) is 0 Å². The Bertz CT molecular complexity index is 345. The lowest BCUT2D eigenvalue weighted by Gasteiger charge is -2.24. The highest BCUT2D eigenvalue weighted by Crippen LogP contribution is 2.12. The molecule has 6 heteroatoms. The van der Waals surface area contributed by atoms with E-state index < -0.39 is 6.04 Å². The molecule has 1 saturated heterocycles. The van der Waals surface area contributed by atoms with Gasteiger partial charge in [0.15, 0.2) is 0 Å². The second kappa shape index (κ2) is 7.59. The fourth-order valence-corrected chi connectivity index (χ4v) is 2.36. The van der Waals surface area contributed by atoms with Crippen LogP contribution in [0.25, 0.3) is 0 Å². The highest BCUT2D eigenvalue weighted by molar-refractivity contribution is 5.89. The normalized spacial score (nSPS) is 23.7. The average molecular weight is 285 g/mol. The van der Waals surface area contributed by atoms with Crippen molar-refractivity contribution in [3.8, 4) is 0 Å². The molecule has 0 spiro atoms. The standard InChI is InChI=1S/C14H27N3O3/c1-9(2)6-12(14(19)17(3)4)16-13(18)11-7-10(20-5)8-15-11/h9-12,15H,6-8H2,1-5H3,(H,16,18). The lowest BCUT2D eigenvalue weighted by atomic mass is 10.0. The summed E-state index contributed by atoms with van der Waals surface area (Å²) in [6.45, 7) is 4.75. The van der Waals surface area contributed by atoms with Crippen LogP contribution in [0, 0.1) is 5.92 Å². The Morgan fingerprint density at radius 1 is 1.40 bits per heavy atom. The molecule has 1 aliphatic heterocycles. The molecule has 1 heterocycles. The number of nitrogens with one attached hydrogen (secondary N) is 2. The molecule has 0 aromatic carbocycles. The van der Waals surface area contributed by atoms with E-state index in [2.05, 4.69) is 10.6 Å². The minimum atomic E-state index is -0.458. The highest BCUT2D eigenvalue weighted by Gasteiger charge is 2.32. The van der Waals surface area contributed by atoms with E-state index in [1.54, 1.807) is 21.2 Å². The fraction of sp³-hybridized carbons (Fsp3) is 0.857. The van der Waals surface area contributed by atoms with Gasteiger partial charge in [0.25, 0.3) is 0 Å². The molecule has 0 bridgehead atoms. The Kier molecular flexibility index (Phi) is 6.42. The molecule has 1 fully saturated rings. The van der Waals surface area contributed by atoms with Crippen LogP contribution < -0.4 is 10.6 Å². The molecule has 2 N–H and O–H groups in total. The zero-order chi connectivity index (χ0) is 15.3. The van der Waals surface area contributed by atoms with Gasteiger partial charge in [-0.15, -0.1) is 0 Å². The van der Waals surface area contributed by atoms with Crippen molar-refractivity contribution in [2.45, 2.75) is 44.9 Å². The van der Waals surface area contributed by atoms with E-state index in [0.29, 0.717) is 25.3 Å². The number of methoxy groups -OCH3 is 1. The Hall–Kier alpha value is -1.14. The third-order valence-electron chi connectivity index (χ3n) is 3.50. The molecule has 3 unspecified atom stereocenters. The maximum Gasteiger partial charge on any atom is 0.244 e. The number of ether oxygens (including phenoxy) is 1. The van der Waals surface area contributed by atoms with Crippen molar-refractivity contribution >= 4 is 11.8 Å². The zero-order valence-electron chi connectivity index (χ0n) is 13.1. The van der Waals surface area contributed by atoms with E-state index in [1.807, 2.05) is 13.8 Å². The van der Waals surface area contributed by atoms with E-state index in [1.165, 1.54) is 4.90 Å². The molecule has 1 rings (SSSR count). The molecule has 0 aromatic heterocycles. The van der Waals surface area contributed by atoms with Crippen molar-refractivity contribution in [3.63, 3.8) is 0 Å². The Morgan fingerprint density at radius 3 is 2.50 bits per heavy atom. The van der Waals surface area contributed by atoms with Crippen LogP contribution in [-0.4, -0.2) is 62.7 Å². The van der Waals surface area contributed by atoms with Crippen LogP contribution in [0.2, 0.25) is 0 Å². The second-order valence-electron chi connectivity index (χ2n) is 5.98. The van der Waals surface area contributed by atoms with Crippen molar-refractivity contribution < 1.29 is 14.3 Å². The summed E-state index contributed by atoms with van der Waals surface area (Å²) in [6, 6.07) is -0.731. The Morgan fingerprint density at radius 2 is 2.05 bits per heavy atom. The third-order valence-corrected chi connectivity index (χ3v) is 3.50. The summed E-state index contributed by atoms with van der Waals surface area (Å²) < 4.78 is 5.23. The van der Waals surface area contributed by atoms with Crippen LogP contribution in [-0.2, 0) is 14.3 Å². The molecule has 0 saturated carbocycles. The highest BCUT2D eigenvalue weighted by atomic mass is 16.5. The van der Waals surface area contributed by atoms with Gasteiger partial charge in [-0.1, -0.05) is 13.8 Å². The first kappa shape index (κ1) is 16.9. The first-order valence-corrected chi connectivity index (χ1v) is 7.12. The van der Waals surface area contributed by atoms with Gasteiger partial charge in [-0.2, -0.15) is 0 Å². The molecule has 3 atom stereocenters. The largest absolute Gasteiger partial charge is 0.380 e. The minimum Gasteiger partial charge on any atom is -0.380 e. The van der Waals surface area contributed by atoms with Crippen LogP contribution in [0.4, 0.5) is 0 Å². The first-order valence-electron chi connectivity index (χ1n) is 7.12. The molecule has 20 heavy (non-hydrogen) atoms. The molecule has 2 amide bonds. The molecular formula is C14H27N3O3. The average Bonchev–Trinajstić information content (AvgIpc) is 2.85. The summed E-state index contributed by atoms with van der Waals surface area (Å²) in [4.78, 5) is 25.9. The summed E-state index contributed by atoms with van der Waals surface area (Å²) in [7, 11) is 5.05. The van der Waals surface area contributed by atoms with Crippen molar-refractivity contribution in [2.75, 3.05) is 27.7 Å². The Balaban J connectivity index is 2.60. The number of carbonyl (C=O) groups is 2. The molecular weight excluding hydrogens is 258 g/mol. The summed E-state index contributed by atoms with van der Waals surface area (Å²) >= 11 is 0. The number of hydrogen-bond donors (Lipinski definition) is 2. The topological polar surface area (TPSA) is 70.7 Å². The monoisotopic (exact) mass is 285 g/mol.